The quantitative estimate of drug-likeness (QED) is 0.111. The Balaban J connectivity index is 1.16. The van der Waals surface area contributed by atoms with E-state index in [1.165, 1.54) is 29.4 Å². The number of nitrogens with zero attached hydrogens (tertiary/aromatic N) is 7. The van der Waals surface area contributed by atoms with Crippen LogP contribution in [0.15, 0.2) is 60.7 Å². The Kier molecular flexibility index (Phi) is 8.90. The highest BCUT2D eigenvalue weighted by Gasteiger charge is 2.49. The second kappa shape index (κ2) is 13.7. The summed E-state index contributed by atoms with van der Waals surface area (Å²) in [5.41, 5.74) is -0.830. The van der Waals surface area contributed by atoms with Gasteiger partial charge in [-0.05, 0) is 43.0 Å². The molecule has 53 heavy (non-hydrogen) atoms. The number of hydrogen-bond donors (Lipinski definition) is 0. The summed E-state index contributed by atoms with van der Waals surface area (Å²) in [6, 6.07) is 10.4. The monoisotopic (exact) mass is 725 g/mol. The summed E-state index contributed by atoms with van der Waals surface area (Å²) in [6.07, 6.45) is 10.5. The van der Waals surface area contributed by atoms with Crippen LogP contribution in [0.1, 0.15) is 30.5 Å². The van der Waals surface area contributed by atoms with Crippen molar-refractivity contribution < 1.29 is 31.5 Å². The predicted octanol–water partition coefficient (Wildman–Crippen LogP) is 6.25. The first-order valence-electron chi connectivity index (χ1n) is 17.2. The number of pyridine rings is 2. The maximum absolute atomic E-state index is 16.9. The summed E-state index contributed by atoms with van der Waals surface area (Å²) in [5, 5.41) is 0.586. The van der Waals surface area contributed by atoms with Gasteiger partial charge in [-0.25, -0.2) is 22.0 Å². The van der Waals surface area contributed by atoms with Crippen molar-refractivity contribution in [3.05, 3.63) is 89.4 Å². The number of alkyl halides is 1. The molecule has 5 aromatic rings. The Morgan fingerprint density at radius 3 is 2.64 bits per heavy atom. The SMILES string of the molecule is C#Cc1c(F)c(F)cc2cccc(-c3ncc4c(N5CCN(C(=O)/C(F)=C/c6ccccn6)CC5)nc(OC[C@@]56CCCN5CC(F)C6)nc4c3F)c12. The van der Waals surface area contributed by atoms with Crippen molar-refractivity contribution in [3.8, 4) is 29.6 Å². The summed E-state index contributed by atoms with van der Waals surface area (Å²) in [5.74, 6) is -2.52. The van der Waals surface area contributed by atoms with Crippen LogP contribution in [0.2, 0.25) is 0 Å². The number of hydrogen-bond acceptors (Lipinski definition) is 8. The number of fused-ring (bicyclic) bond motifs is 3. The minimum Gasteiger partial charge on any atom is -0.461 e. The normalized spacial score (nSPS) is 20.6. The van der Waals surface area contributed by atoms with Crippen LogP contribution in [-0.4, -0.2) is 93.2 Å². The molecule has 0 N–H and O–H groups in total. The molecule has 3 aliphatic rings. The molecule has 3 aromatic heterocycles. The Bertz CT molecular complexity index is 2330. The molecule has 0 spiro atoms. The highest BCUT2D eigenvalue weighted by atomic mass is 19.2. The zero-order valence-electron chi connectivity index (χ0n) is 28.3. The van der Waals surface area contributed by atoms with Crippen molar-refractivity contribution in [2.24, 2.45) is 0 Å². The lowest BCUT2D eigenvalue weighted by Gasteiger charge is -2.35. The number of amides is 1. The second-order valence-electron chi connectivity index (χ2n) is 13.5. The molecular formula is C39H32F5N7O2. The first-order chi connectivity index (χ1) is 25.7. The van der Waals surface area contributed by atoms with Gasteiger partial charge in [-0.2, -0.15) is 9.97 Å². The number of terminal acetylenes is 1. The van der Waals surface area contributed by atoms with E-state index >= 15 is 4.39 Å². The van der Waals surface area contributed by atoms with Crippen molar-refractivity contribution in [1.29, 1.82) is 0 Å². The van der Waals surface area contributed by atoms with E-state index in [1.54, 1.807) is 24.3 Å². The van der Waals surface area contributed by atoms with E-state index in [2.05, 4.69) is 30.8 Å². The smallest absolute Gasteiger partial charge is 0.319 e. The number of aromatic nitrogens is 4. The van der Waals surface area contributed by atoms with Crippen LogP contribution in [0.5, 0.6) is 6.01 Å². The van der Waals surface area contributed by atoms with Crippen molar-refractivity contribution in [3.63, 3.8) is 0 Å². The fourth-order valence-corrected chi connectivity index (χ4v) is 7.82. The maximum Gasteiger partial charge on any atom is 0.319 e. The van der Waals surface area contributed by atoms with Gasteiger partial charge in [-0.3, -0.25) is 19.7 Å². The number of anilines is 1. The number of piperazine rings is 1. The van der Waals surface area contributed by atoms with E-state index in [0.29, 0.717) is 18.7 Å². The van der Waals surface area contributed by atoms with Crippen LogP contribution in [0.4, 0.5) is 27.8 Å². The molecular weight excluding hydrogens is 693 g/mol. The number of carbonyl (C=O) groups is 1. The van der Waals surface area contributed by atoms with E-state index in [0.717, 1.165) is 31.5 Å². The summed E-state index contributed by atoms with van der Waals surface area (Å²) in [6.45, 7) is 1.81. The molecule has 9 nitrogen and oxygen atoms in total. The molecule has 270 valence electrons. The Hall–Kier alpha value is -5.68. The number of rotatable bonds is 7. The molecule has 2 atom stereocenters. The van der Waals surface area contributed by atoms with Gasteiger partial charge >= 0.3 is 6.01 Å². The van der Waals surface area contributed by atoms with E-state index in [-0.39, 0.29) is 83.1 Å². The standard InChI is InChI=1S/C39H32F5N7O2/c1-2-26-31-23(17-29(41)32(26)43)7-5-9-27(31)34-33(44)35-28(20-46-34)36(48-38(47-35)53-22-39-10-6-12-51(39)21-24(40)19-39)49-13-15-50(16-14-49)37(52)30(42)18-25-8-3-4-11-45-25/h1,3-5,7-9,11,17-18,20,24H,6,10,12-16,19,21-22H2/b30-18-/t24?,39-/m0/s1. The fraction of sp³-hybridized carbons (Fsp3) is 0.308. The first kappa shape index (κ1) is 34.4. The lowest BCUT2D eigenvalue weighted by atomic mass is 9.95. The van der Waals surface area contributed by atoms with Crippen LogP contribution < -0.4 is 9.64 Å². The van der Waals surface area contributed by atoms with Crippen molar-refractivity contribution in [2.75, 3.05) is 50.8 Å². The third-order valence-corrected chi connectivity index (χ3v) is 10.4. The second-order valence-corrected chi connectivity index (χ2v) is 13.5. The van der Waals surface area contributed by atoms with Crippen LogP contribution in [0, 0.1) is 29.8 Å². The molecule has 14 heteroatoms. The van der Waals surface area contributed by atoms with Crippen molar-refractivity contribution >= 4 is 39.5 Å². The summed E-state index contributed by atoms with van der Waals surface area (Å²) < 4.78 is 81.8. The molecule has 3 fully saturated rings. The van der Waals surface area contributed by atoms with E-state index < -0.39 is 40.9 Å². The van der Waals surface area contributed by atoms with Gasteiger partial charge in [-0.1, -0.05) is 30.2 Å². The molecule has 6 heterocycles. The van der Waals surface area contributed by atoms with Crippen LogP contribution in [0.25, 0.3) is 39.0 Å². The molecule has 1 amide bonds. The fourth-order valence-electron chi connectivity index (χ4n) is 7.82. The van der Waals surface area contributed by atoms with Crippen LogP contribution in [0.3, 0.4) is 0 Å². The van der Waals surface area contributed by atoms with Gasteiger partial charge in [0.05, 0.1) is 22.2 Å². The molecule has 8 rings (SSSR count). The van der Waals surface area contributed by atoms with Crippen molar-refractivity contribution in [2.45, 2.75) is 31.0 Å². The molecule has 2 aromatic carbocycles. The number of benzene rings is 2. The third kappa shape index (κ3) is 6.18. The highest BCUT2D eigenvalue weighted by Crippen LogP contribution is 2.41. The van der Waals surface area contributed by atoms with Crippen molar-refractivity contribution in [1.82, 2.24) is 29.7 Å². The summed E-state index contributed by atoms with van der Waals surface area (Å²) in [4.78, 5) is 35.8. The van der Waals surface area contributed by atoms with E-state index in [9.17, 15) is 22.4 Å². The summed E-state index contributed by atoms with van der Waals surface area (Å²) >= 11 is 0. The molecule has 0 saturated carbocycles. The van der Waals surface area contributed by atoms with Gasteiger partial charge in [0, 0.05) is 68.6 Å². The molecule has 3 saturated heterocycles. The predicted molar refractivity (Wildman–Crippen MR) is 189 cm³/mol. The van der Waals surface area contributed by atoms with Gasteiger partial charge in [0.15, 0.2) is 23.3 Å². The zero-order valence-corrected chi connectivity index (χ0v) is 28.3. The Morgan fingerprint density at radius 2 is 1.87 bits per heavy atom. The average Bonchev–Trinajstić information content (AvgIpc) is 3.70. The van der Waals surface area contributed by atoms with Crippen LogP contribution in [-0.2, 0) is 4.79 Å². The topological polar surface area (TPSA) is 87.6 Å². The maximum atomic E-state index is 16.9. The van der Waals surface area contributed by atoms with Crippen LogP contribution >= 0.6 is 0 Å². The lowest BCUT2D eigenvalue weighted by molar-refractivity contribution is -0.128. The zero-order chi connectivity index (χ0) is 36.9. The highest BCUT2D eigenvalue weighted by molar-refractivity contribution is 6.02. The number of ether oxygens (including phenoxy) is 1. The summed E-state index contributed by atoms with van der Waals surface area (Å²) in [7, 11) is 0. The van der Waals surface area contributed by atoms with Gasteiger partial charge in [0.25, 0.3) is 5.91 Å². The van der Waals surface area contributed by atoms with Gasteiger partial charge < -0.3 is 14.5 Å². The Labute approximate surface area is 301 Å². The largest absolute Gasteiger partial charge is 0.461 e. The molecule has 0 aliphatic carbocycles. The molecule has 3 aliphatic heterocycles. The van der Waals surface area contributed by atoms with E-state index in [4.69, 9.17) is 11.2 Å². The molecule has 0 radical (unpaired) electrons. The first-order valence-corrected chi connectivity index (χ1v) is 17.2. The van der Waals surface area contributed by atoms with E-state index in [1.807, 2.05) is 4.90 Å². The minimum atomic E-state index is -1.23. The van der Waals surface area contributed by atoms with Gasteiger partial charge in [0.2, 0.25) is 0 Å². The third-order valence-electron chi connectivity index (χ3n) is 10.4. The lowest BCUT2D eigenvalue weighted by Crippen LogP contribution is -2.49. The number of carbonyl (C=O) groups excluding carboxylic acids is 1. The minimum absolute atomic E-state index is 0.0851. The Morgan fingerprint density at radius 1 is 1.04 bits per heavy atom. The molecule has 0 bridgehead atoms. The molecule has 1 unspecified atom stereocenters. The average molecular weight is 726 g/mol. The number of halogens is 5. The van der Waals surface area contributed by atoms with Gasteiger partial charge in [-0.15, -0.1) is 6.42 Å². The van der Waals surface area contributed by atoms with Gasteiger partial charge in [0.1, 0.15) is 29.8 Å².